The second kappa shape index (κ2) is 5.09. The third kappa shape index (κ3) is 2.51. The maximum absolute atomic E-state index is 12.6. The van der Waals surface area contributed by atoms with Crippen LogP contribution < -0.4 is 0 Å². The van der Waals surface area contributed by atoms with Gasteiger partial charge < -0.3 is 0 Å². The van der Waals surface area contributed by atoms with Gasteiger partial charge in [-0.3, -0.25) is 9.48 Å². The van der Waals surface area contributed by atoms with Crippen molar-refractivity contribution in [3.05, 3.63) is 39.9 Å². The van der Waals surface area contributed by atoms with E-state index in [0.717, 1.165) is 0 Å². The molecule has 0 saturated carbocycles. The first-order valence-corrected chi connectivity index (χ1v) is 6.38. The van der Waals surface area contributed by atoms with Crippen molar-refractivity contribution >= 4 is 17.4 Å². The lowest BCUT2D eigenvalue weighted by atomic mass is 10.1. The summed E-state index contributed by atoms with van der Waals surface area (Å²) in [5.74, 6) is -0.174. The summed E-state index contributed by atoms with van der Waals surface area (Å²) in [5, 5.41) is 12.4. The van der Waals surface area contributed by atoms with Crippen LogP contribution in [0, 0.1) is 13.8 Å². The maximum Gasteiger partial charge on any atom is 0.214 e. The Balaban J connectivity index is 2.56. The maximum atomic E-state index is 12.6. The molecule has 0 aromatic carbocycles. The molecule has 0 aliphatic carbocycles. The number of hydrogen-bond acceptors (Lipinski definition) is 4. The highest BCUT2D eigenvalue weighted by Crippen LogP contribution is 2.23. The van der Waals surface area contributed by atoms with Crippen molar-refractivity contribution in [1.29, 1.82) is 0 Å². The van der Waals surface area contributed by atoms with Crippen molar-refractivity contribution < 1.29 is 4.79 Å². The molecule has 6 heteroatoms. The number of halogens is 1. The second-order valence-corrected chi connectivity index (χ2v) is 5.10. The van der Waals surface area contributed by atoms with E-state index in [4.69, 9.17) is 11.6 Å². The van der Waals surface area contributed by atoms with Crippen molar-refractivity contribution in [2.24, 2.45) is 0 Å². The molecule has 2 heterocycles. The van der Waals surface area contributed by atoms with Crippen molar-refractivity contribution in [1.82, 2.24) is 20.0 Å². The normalized spacial score (nSPS) is 11.1. The summed E-state index contributed by atoms with van der Waals surface area (Å²) in [7, 11) is 0. The highest BCUT2D eigenvalue weighted by atomic mass is 35.5. The largest absolute Gasteiger partial charge is 0.287 e. The number of rotatable bonds is 3. The molecule has 0 aliphatic heterocycles. The van der Waals surface area contributed by atoms with Gasteiger partial charge in [-0.2, -0.15) is 15.3 Å². The molecule has 0 atom stereocenters. The summed E-state index contributed by atoms with van der Waals surface area (Å²) < 4.78 is 1.62. The molecular weight excluding hydrogens is 264 g/mol. The van der Waals surface area contributed by atoms with Crippen LogP contribution in [0.15, 0.2) is 12.3 Å². The topological polar surface area (TPSA) is 60.7 Å². The van der Waals surface area contributed by atoms with Gasteiger partial charge in [-0.15, -0.1) is 0 Å². The fourth-order valence-corrected chi connectivity index (χ4v) is 2.07. The third-order valence-corrected chi connectivity index (χ3v) is 3.08. The van der Waals surface area contributed by atoms with E-state index in [-0.39, 0.29) is 11.8 Å². The van der Waals surface area contributed by atoms with Crippen LogP contribution in [0.2, 0.25) is 5.02 Å². The number of aryl methyl sites for hydroxylation is 2. The summed E-state index contributed by atoms with van der Waals surface area (Å²) in [6.45, 7) is 7.44. The Morgan fingerprint density at radius 3 is 2.63 bits per heavy atom. The Labute approximate surface area is 116 Å². The number of carbonyl (C=O) groups is 1. The molecule has 100 valence electrons. The number of ketones is 1. The van der Waals surface area contributed by atoms with Gasteiger partial charge in [-0.05, 0) is 33.8 Å². The first-order valence-electron chi connectivity index (χ1n) is 6.00. The first-order chi connectivity index (χ1) is 8.91. The summed E-state index contributed by atoms with van der Waals surface area (Å²) in [6, 6.07) is 1.78. The Morgan fingerprint density at radius 2 is 2.00 bits per heavy atom. The zero-order chi connectivity index (χ0) is 14.2. The minimum Gasteiger partial charge on any atom is -0.287 e. The van der Waals surface area contributed by atoms with Crippen LogP contribution in [0.5, 0.6) is 0 Å². The van der Waals surface area contributed by atoms with Gasteiger partial charge in [0.2, 0.25) is 5.78 Å². The van der Waals surface area contributed by atoms with Gasteiger partial charge in [0.15, 0.2) is 0 Å². The smallest absolute Gasteiger partial charge is 0.214 e. The van der Waals surface area contributed by atoms with E-state index >= 15 is 0 Å². The lowest BCUT2D eigenvalue weighted by molar-refractivity contribution is 0.102. The molecule has 0 radical (unpaired) electrons. The molecule has 0 aliphatic rings. The Kier molecular flexibility index (Phi) is 3.66. The van der Waals surface area contributed by atoms with Crippen LogP contribution in [-0.4, -0.2) is 25.8 Å². The monoisotopic (exact) mass is 278 g/mol. The van der Waals surface area contributed by atoms with Crippen LogP contribution >= 0.6 is 11.6 Å². The second-order valence-electron chi connectivity index (χ2n) is 4.69. The van der Waals surface area contributed by atoms with Gasteiger partial charge in [0.05, 0.1) is 22.6 Å². The zero-order valence-corrected chi connectivity index (χ0v) is 12.1. The van der Waals surface area contributed by atoms with Crippen LogP contribution in [0.1, 0.15) is 47.3 Å². The van der Waals surface area contributed by atoms with E-state index in [9.17, 15) is 4.79 Å². The predicted octanol–water partition coefficient (Wildman–Crippen LogP) is 2.76. The van der Waals surface area contributed by atoms with Crippen LogP contribution in [0.3, 0.4) is 0 Å². The molecule has 2 aromatic heterocycles. The van der Waals surface area contributed by atoms with Gasteiger partial charge in [-0.1, -0.05) is 11.6 Å². The SMILES string of the molecule is Cc1cc(C(=O)c2c(Cl)cnn2C(C)C)c(C)nn1. The average molecular weight is 279 g/mol. The first kappa shape index (κ1) is 13.7. The third-order valence-electron chi connectivity index (χ3n) is 2.80. The molecule has 0 bridgehead atoms. The number of aromatic nitrogens is 4. The summed E-state index contributed by atoms with van der Waals surface area (Å²) >= 11 is 6.09. The fourth-order valence-electron chi connectivity index (χ4n) is 1.85. The van der Waals surface area contributed by atoms with Gasteiger partial charge in [-0.25, -0.2) is 0 Å². The van der Waals surface area contributed by atoms with Crippen LogP contribution in [0.25, 0.3) is 0 Å². The standard InChI is InChI=1S/C13H15ClN4O/c1-7(2)18-12(11(14)6-15-18)13(19)10-5-8(3)16-17-9(10)4/h5-7H,1-4H3. The van der Waals surface area contributed by atoms with Crippen molar-refractivity contribution in [2.75, 3.05) is 0 Å². The molecule has 2 aromatic rings. The van der Waals surface area contributed by atoms with Crippen molar-refractivity contribution in [3.63, 3.8) is 0 Å². The Morgan fingerprint density at radius 1 is 1.32 bits per heavy atom. The van der Waals surface area contributed by atoms with E-state index in [0.29, 0.717) is 27.7 Å². The van der Waals surface area contributed by atoms with Crippen molar-refractivity contribution in [3.8, 4) is 0 Å². The fraction of sp³-hybridized carbons (Fsp3) is 0.385. The highest BCUT2D eigenvalue weighted by molar-refractivity contribution is 6.34. The molecule has 0 saturated heterocycles. The molecule has 0 fully saturated rings. The van der Waals surface area contributed by atoms with E-state index in [1.165, 1.54) is 6.20 Å². The van der Waals surface area contributed by atoms with Gasteiger partial charge in [0.25, 0.3) is 0 Å². The lowest BCUT2D eigenvalue weighted by Gasteiger charge is -2.11. The van der Waals surface area contributed by atoms with Gasteiger partial charge in [0, 0.05) is 11.6 Å². The minimum atomic E-state index is -0.174. The van der Waals surface area contributed by atoms with Crippen molar-refractivity contribution in [2.45, 2.75) is 33.7 Å². The average Bonchev–Trinajstić information content (AvgIpc) is 2.73. The summed E-state index contributed by atoms with van der Waals surface area (Å²) in [5.41, 5.74) is 2.19. The molecule has 5 nitrogen and oxygen atoms in total. The van der Waals surface area contributed by atoms with Gasteiger partial charge >= 0.3 is 0 Å². The van der Waals surface area contributed by atoms with E-state index < -0.39 is 0 Å². The lowest BCUT2D eigenvalue weighted by Crippen LogP contribution is -2.15. The zero-order valence-electron chi connectivity index (χ0n) is 11.3. The molecule has 2 rings (SSSR count). The number of carbonyl (C=O) groups excluding carboxylic acids is 1. The number of hydrogen-bond donors (Lipinski definition) is 0. The molecule has 0 spiro atoms. The number of nitrogens with zero attached hydrogens (tertiary/aromatic N) is 4. The molecule has 0 unspecified atom stereocenters. The van der Waals surface area contributed by atoms with Crippen LogP contribution in [-0.2, 0) is 0 Å². The quantitative estimate of drug-likeness (QED) is 0.810. The molecule has 0 amide bonds. The highest BCUT2D eigenvalue weighted by Gasteiger charge is 2.22. The molecule has 0 N–H and O–H groups in total. The van der Waals surface area contributed by atoms with E-state index in [1.54, 1.807) is 24.6 Å². The Hall–Kier alpha value is -1.75. The minimum absolute atomic E-state index is 0.0580. The summed E-state index contributed by atoms with van der Waals surface area (Å²) in [6.07, 6.45) is 1.49. The van der Waals surface area contributed by atoms with E-state index in [1.807, 2.05) is 13.8 Å². The molecular formula is C13H15ClN4O. The van der Waals surface area contributed by atoms with E-state index in [2.05, 4.69) is 15.3 Å². The summed E-state index contributed by atoms with van der Waals surface area (Å²) in [4.78, 5) is 12.6. The Bertz CT molecular complexity index is 634. The van der Waals surface area contributed by atoms with Gasteiger partial charge in [0.1, 0.15) is 5.69 Å². The molecule has 19 heavy (non-hydrogen) atoms. The van der Waals surface area contributed by atoms with Crippen LogP contribution in [0.4, 0.5) is 0 Å². The predicted molar refractivity (Wildman–Crippen MR) is 72.6 cm³/mol.